The minimum absolute atomic E-state index is 0.136. The van der Waals surface area contributed by atoms with E-state index in [1.807, 2.05) is 47.8 Å². The predicted molar refractivity (Wildman–Crippen MR) is 120 cm³/mol. The van der Waals surface area contributed by atoms with Crippen molar-refractivity contribution in [1.29, 1.82) is 0 Å². The third kappa shape index (κ3) is 3.85. The Morgan fingerprint density at radius 2 is 1.67 bits per heavy atom. The molecule has 30 heavy (non-hydrogen) atoms. The molecule has 0 aliphatic heterocycles. The molecule has 0 radical (unpaired) electrons. The maximum Gasteiger partial charge on any atom is 0.257 e. The molecular formula is C22H19N3O3S2. The molecular weight excluding hydrogens is 418 g/mol. The van der Waals surface area contributed by atoms with Crippen LogP contribution in [0.4, 0.5) is 5.13 Å². The lowest BCUT2D eigenvalue weighted by Crippen LogP contribution is -2.22. The van der Waals surface area contributed by atoms with Crippen molar-refractivity contribution in [2.24, 2.45) is 0 Å². The van der Waals surface area contributed by atoms with Crippen LogP contribution in [0.3, 0.4) is 0 Å². The van der Waals surface area contributed by atoms with Crippen molar-refractivity contribution in [2.45, 2.75) is 4.90 Å². The summed E-state index contributed by atoms with van der Waals surface area (Å²) in [5, 5.41) is 7.40. The van der Waals surface area contributed by atoms with E-state index < -0.39 is 10.0 Å². The molecule has 1 aromatic heterocycles. The van der Waals surface area contributed by atoms with Crippen LogP contribution in [0.25, 0.3) is 22.0 Å². The van der Waals surface area contributed by atoms with Crippen LogP contribution >= 0.6 is 11.3 Å². The van der Waals surface area contributed by atoms with Crippen LogP contribution in [0, 0.1) is 0 Å². The quantitative estimate of drug-likeness (QED) is 0.500. The Balaban J connectivity index is 1.55. The average Bonchev–Trinajstić information content (AvgIpc) is 3.21. The second-order valence-electron chi connectivity index (χ2n) is 6.83. The first-order valence-electron chi connectivity index (χ1n) is 9.14. The number of hydrogen-bond donors (Lipinski definition) is 1. The van der Waals surface area contributed by atoms with Crippen LogP contribution in [-0.4, -0.2) is 37.7 Å². The Bertz CT molecular complexity index is 1320. The van der Waals surface area contributed by atoms with Crippen molar-refractivity contribution < 1.29 is 13.2 Å². The molecule has 8 heteroatoms. The molecule has 1 amide bonds. The lowest BCUT2D eigenvalue weighted by atomic mass is 10.0. The third-order valence-corrected chi connectivity index (χ3v) is 7.27. The fraction of sp³-hybridized carbons (Fsp3) is 0.0909. The first kappa shape index (κ1) is 20.2. The van der Waals surface area contributed by atoms with Gasteiger partial charge in [-0.3, -0.25) is 10.1 Å². The molecule has 1 heterocycles. The summed E-state index contributed by atoms with van der Waals surface area (Å²) < 4.78 is 25.4. The smallest absolute Gasteiger partial charge is 0.257 e. The van der Waals surface area contributed by atoms with Gasteiger partial charge in [0.15, 0.2) is 5.13 Å². The van der Waals surface area contributed by atoms with Gasteiger partial charge in [0.2, 0.25) is 10.0 Å². The van der Waals surface area contributed by atoms with Gasteiger partial charge in [0.05, 0.1) is 10.6 Å². The predicted octanol–water partition coefficient (Wildman–Crippen LogP) is 4.47. The van der Waals surface area contributed by atoms with E-state index in [1.165, 1.54) is 49.7 Å². The van der Waals surface area contributed by atoms with E-state index in [9.17, 15) is 13.2 Å². The number of thiazole rings is 1. The second kappa shape index (κ2) is 7.98. The highest BCUT2D eigenvalue weighted by atomic mass is 32.2. The van der Waals surface area contributed by atoms with Gasteiger partial charge in [-0.25, -0.2) is 17.7 Å². The minimum atomic E-state index is -3.53. The number of fused-ring (bicyclic) bond motifs is 1. The van der Waals surface area contributed by atoms with Gasteiger partial charge < -0.3 is 0 Å². The zero-order valence-corrected chi connectivity index (χ0v) is 18.0. The topological polar surface area (TPSA) is 79.4 Å². The van der Waals surface area contributed by atoms with E-state index in [4.69, 9.17) is 0 Å². The van der Waals surface area contributed by atoms with Crippen molar-refractivity contribution in [3.8, 4) is 11.3 Å². The van der Waals surface area contributed by atoms with E-state index in [1.54, 1.807) is 0 Å². The summed E-state index contributed by atoms with van der Waals surface area (Å²) in [5.74, 6) is -0.345. The maximum absolute atomic E-state index is 12.6. The molecule has 0 unspecified atom stereocenters. The molecule has 1 N–H and O–H groups in total. The Labute approximate surface area is 178 Å². The first-order valence-corrected chi connectivity index (χ1v) is 11.5. The summed E-state index contributed by atoms with van der Waals surface area (Å²) >= 11 is 1.34. The van der Waals surface area contributed by atoms with Gasteiger partial charge in [0.25, 0.3) is 5.91 Å². The molecule has 0 aliphatic carbocycles. The summed E-state index contributed by atoms with van der Waals surface area (Å²) in [5.41, 5.74) is 2.15. The number of rotatable bonds is 5. The van der Waals surface area contributed by atoms with Gasteiger partial charge in [0, 0.05) is 30.6 Å². The summed E-state index contributed by atoms with van der Waals surface area (Å²) in [6.07, 6.45) is 0. The lowest BCUT2D eigenvalue weighted by molar-refractivity contribution is 0.102. The van der Waals surface area contributed by atoms with Crippen LogP contribution in [0.5, 0.6) is 0 Å². The Hall–Kier alpha value is -3.07. The van der Waals surface area contributed by atoms with E-state index in [0.29, 0.717) is 10.7 Å². The molecule has 152 valence electrons. The fourth-order valence-corrected chi connectivity index (χ4v) is 4.67. The van der Waals surface area contributed by atoms with Gasteiger partial charge in [-0.1, -0.05) is 42.5 Å². The molecule has 0 aliphatic rings. The van der Waals surface area contributed by atoms with Crippen LogP contribution < -0.4 is 5.32 Å². The highest BCUT2D eigenvalue weighted by Gasteiger charge is 2.18. The monoisotopic (exact) mass is 437 g/mol. The summed E-state index contributed by atoms with van der Waals surface area (Å²) in [4.78, 5) is 17.3. The average molecular weight is 438 g/mol. The normalized spacial score (nSPS) is 11.7. The standard InChI is InChI=1S/C22H19N3O3S2/c1-25(2)30(27,28)17-12-10-16(11-13-17)21(26)24-22-23-20(14-29-22)19-9-5-7-15-6-3-4-8-18(15)19/h3-14H,1-2H3,(H,23,24,26). The van der Waals surface area contributed by atoms with Crippen molar-refractivity contribution in [1.82, 2.24) is 9.29 Å². The number of aromatic nitrogens is 1. The molecule has 4 rings (SSSR count). The Morgan fingerprint density at radius 1 is 0.967 bits per heavy atom. The van der Waals surface area contributed by atoms with Gasteiger partial charge in [0.1, 0.15) is 0 Å². The van der Waals surface area contributed by atoms with Crippen LogP contribution in [0.2, 0.25) is 0 Å². The minimum Gasteiger partial charge on any atom is -0.298 e. The van der Waals surface area contributed by atoms with Gasteiger partial charge in [-0.15, -0.1) is 11.3 Å². The molecule has 4 aromatic rings. The van der Waals surface area contributed by atoms with Gasteiger partial charge in [-0.05, 0) is 35.0 Å². The van der Waals surface area contributed by atoms with Crippen molar-refractivity contribution >= 4 is 43.2 Å². The number of carbonyl (C=O) groups excluding carboxylic acids is 1. The van der Waals surface area contributed by atoms with E-state index >= 15 is 0 Å². The zero-order valence-electron chi connectivity index (χ0n) is 16.4. The molecule has 0 spiro atoms. The van der Waals surface area contributed by atoms with Crippen LogP contribution in [0.1, 0.15) is 10.4 Å². The molecule has 0 atom stereocenters. The van der Waals surface area contributed by atoms with Crippen LogP contribution in [0.15, 0.2) is 77.0 Å². The Morgan fingerprint density at radius 3 is 2.40 bits per heavy atom. The lowest BCUT2D eigenvalue weighted by Gasteiger charge is -2.11. The number of hydrogen-bond acceptors (Lipinski definition) is 5. The molecule has 0 fully saturated rings. The van der Waals surface area contributed by atoms with Crippen molar-refractivity contribution in [2.75, 3.05) is 19.4 Å². The number of benzene rings is 3. The first-order chi connectivity index (χ1) is 14.4. The number of anilines is 1. The van der Waals surface area contributed by atoms with Crippen molar-refractivity contribution in [3.05, 3.63) is 77.7 Å². The van der Waals surface area contributed by atoms with E-state index in [0.717, 1.165) is 26.3 Å². The van der Waals surface area contributed by atoms with Crippen molar-refractivity contribution in [3.63, 3.8) is 0 Å². The number of amides is 1. The fourth-order valence-electron chi connectivity index (χ4n) is 3.06. The maximum atomic E-state index is 12.6. The summed E-state index contributed by atoms with van der Waals surface area (Å²) in [6.45, 7) is 0. The highest BCUT2D eigenvalue weighted by molar-refractivity contribution is 7.89. The van der Waals surface area contributed by atoms with Gasteiger partial charge in [-0.2, -0.15) is 0 Å². The number of sulfonamides is 1. The SMILES string of the molecule is CN(C)S(=O)(=O)c1ccc(C(=O)Nc2nc(-c3cccc4ccccc34)cs2)cc1. The summed E-state index contributed by atoms with van der Waals surface area (Å²) in [7, 11) is -0.604. The number of carbonyl (C=O) groups is 1. The van der Waals surface area contributed by atoms with E-state index in [-0.39, 0.29) is 10.8 Å². The highest BCUT2D eigenvalue weighted by Crippen LogP contribution is 2.31. The van der Waals surface area contributed by atoms with Crippen LogP contribution in [-0.2, 0) is 10.0 Å². The molecule has 0 bridgehead atoms. The van der Waals surface area contributed by atoms with E-state index in [2.05, 4.69) is 10.3 Å². The third-order valence-electron chi connectivity index (χ3n) is 4.69. The Kier molecular flexibility index (Phi) is 5.38. The summed E-state index contributed by atoms with van der Waals surface area (Å²) in [6, 6.07) is 19.9. The second-order valence-corrected chi connectivity index (χ2v) is 9.84. The largest absolute Gasteiger partial charge is 0.298 e. The molecule has 0 saturated carbocycles. The van der Waals surface area contributed by atoms with Gasteiger partial charge >= 0.3 is 0 Å². The molecule has 0 saturated heterocycles. The molecule has 6 nitrogen and oxygen atoms in total. The zero-order chi connectivity index (χ0) is 21.3. The number of nitrogens with one attached hydrogen (secondary N) is 1. The molecule has 3 aromatic carbocycles. The number of nitrogens with zero attached hydrogens (tertiary/aromatic N) is 2.